The summed E-state index contributed by atoms with van der Waals surface area (Å²) >= 11 is 0. The number of aromatic nitrogens is 2. The molecule has 0 bridgehead atoms. The van der Waals surface area contributed by atoms with Gasteiger partial charge in [-0.3, -0.25) is 4.79 Å². The third-order valence-electron chi connectivity index (χ3n) is 2.12. The number of benzene rings is 1. The number of rotatable bonds is 1. The summed E-state index contributed by atoms with van der Waals surface area (Å²) in [4.78, 5) is 16.3. The largest absolute Gasteiger partial charge is 0.316 e. The van der Waals surface area contributed by atoms with Crippen LogP contribution in [0.1, 0.15) is 20.8 Å². The van der Waals surface area contributed by atoms with Gasteiger partial charge in [0.15, 0.2) is 0 Å². The summed E-state index contributed by atoms with van der Waals surface area (Å²) in [7, 11) is 0. The molecule has 0 saturated heterocycles. The zero-order valence-electron chi connectivity index (χ0n) is 9.69. The maximum absolute atomic E-state index is 12.1. The zero-order chi connectivity index (χ0) is 11.8. The normalized spacial score (nSPS) is 11.7. The first kappa shape index (κ1) is 10.7. The number of nitrogens with one attached hydrogen (secondary N) is 1. The molecule has 1 aromatic heterocycles. The van der Waals surface area contributed by atoms with Crippen LogP contribution in [-0.2, 0) is 0 Å². The fourth-order valence-electron chi connectivity index (χ4n) is 1.51. The quantitative estimate of drug-likeness (QED) is 0.791. The van der Waals surface area contributed by atoms with E-state index in [1.165, 1.54) is 11.0 Å². The molecule has 0 fully saturated rings. The van der Waals surface area contributed by atoms with E-state index in [0.717, 1.165) is 5.52 Å². The van der Waals surface area contributed by atoms with Gasteiger partial charge in [0.1, 0.15) is 6.33 Å². The summed E-state index contributed by atoms with van der Waals surface area (Å²) in [6, 6.07) is 7.33. The minimum atomic E-state index is -0.173. The van der Waals surface area contributed by atoms with Crippen LogP contribution in [0, 0.1) is 0 Å². The molecule has 4 nitrogen and oxygen atoms in total. The molecule has 84 valence electrons. The summed E-state index contributed by atoms with van der Waals surface area (Å²) < 4.78 is 1.43. The lowest BCUT2D eigenvalue weighted by atomic mass is 10.1. The monoisotopic (exact) mass is 217 g/mol. The Hall–Kier alpha value is -1.84. The Balaban J connectivity index is 2.57. The topological polar surface area (TPSA) is 46.9 Å². The molecule has 1 aromatic carbocycles. The van der Waals surface area contributed by atoms with Gasteiger partial charge in [0.25, 0.3) is 5.56 Å². The second-order valence-electron chi connectivity index (χ2n) is 4.80. The standard InChI is InChI=1S/C12H15N3O/c1-12(2,3)14-15-8-13-10-7-5-4-6-9(10)11(15)16/h4-8,14H,1-3H3. The lowest BCUT2D eigenvalue weighted by Crippen LogP contribution is -2.40. The van der Waals surface area contributed by atoms with E-state index in [1.54, 1.807) is 6.07 Å². The molecule has 2 rings (SSSR count). The van der Waals surface area contributed by atoms with Crippen LogP contribution in [0.4, 0.5) is 0 Å². The van der Waals surface area contributed by atoms with Crippen molar-refractivity contribution in [1.29, 1.82) is 0 Å². The minimum absolute atomic E-state index is 0.0690. The Morgan fingerprint density at radius 2 is 1.94 bits per heavy atom. The summed E-state index contributed by atoms with van der Waals surface area (Å²) in [6.45, 7) is 5.98. The highest BCUT2D eigenvalue weighted by Gasteiger charge is 2.11. The number of para-hydroxylation sites is 1. The van der Waals surface area contributed by atoms with Crippen molar-refractivity contribution in [2.45, 2.75) is 26.3 Å². The van der Waals surface area contributed by atoms with Crippen LogP contribution in [0.15, 0.2) is 35.4 Å². The first-order valence-electron chi connectivity index (χ1n) is 5.22. The second-order valence-corrected chi connectivity index (χ2v) is 4.80. The highest BCUT2D eigenvalue weighted by Crippen LogP contribution is 2.05. The summed E-state index contributed by atoms with van der Waals surface area (Å²) in [6.07, 6.45) is 1.52. The van der Waals surface area contributed by atoms with Crippen LogP contribution < -0.4 is 11.0 Å². The van der Waals surface area contributed by atoms with Gasteiger partial charge in [0.2, 0.25) is 0 Å². The van der Waals surface area contributed by atoms with Crippen molar-refractivity contribution in [3.8, 4) is 0 Å². The number of nitrogens with zero attached hydrogens (tertiary/aromatic N) is 2. The SMILES string of the molecule is CC(C)(C)Nn1cnc2ccccc2c1=O. The van der Waals surface area contributed by atoms with Crippen molar-refractivity contribution in [1.82, 2.24) is 9.66 Å². The maximum atomic E-state index is 12.1. The van der Waals surface area contributed by atoms with Gasteiger partial charge >= 0.3 is 0 Å². The van der Waals surface area contributed by atoms with Crippen molar-refractivity contribution < 1.29 is 0 Å². The molecule has 0 amide bonds. The first-order chi connectivity index (χ1) is 7.47. The van der Waals surface area contributed by atoms with Crippen LogP contribution in [0.3, 0.4) is 0 Å². The van der Waals surface area contributed by atoms with Gasteiger partial charge in [-0.15, -0.1) is 0 Å². The molecule has 0 radical (unpaired) electrons. The highest BCUT2D eigenvalue weighted by atomic mass is 16.1. The van der Waals surface area contributed by atoms with Crippen LogP contribution in [0.5, 0.6) is 0 Å². The molecule has 0 aliphatic heterocycles. The minimum Gasteiger partial charge on any atom is -0.316 e. The van der Waals surface area contributed by atoms with Gasteiger partial charge in [-0.2, -0.15) is 0 Å². The number of hydrogen-bond acceptors (Lipinski definition) is 3. The zero-order valence-corrected chi connectivity index (χ0v) is 9.69. The fourth-order valence-corrected chi connectivity index (χ4v) is 1.51. The Morgan fingerprint density at radius 3 is 2.62 bits per heavy atom. The van der Waals surface area contributed by atoms with E-state index in [-0.39, 0.29) is 11.1 Å². The summed E-state index contributed by atoms with van der Waals surface area (Å²) in [5.74, 6) is 0. The average molecular weight is 217 g/mol. The van der Waals surface area contributed by atoms with E-state index in [9.17, 15) is 4.79 Å². The van der Waals surface area contributed by atoms with Gasteiger partial charge in [0.05, 0.1) is 10.9 Å². The van der Waals surface area contributed by atoms with Crippen LogP contribution in [0.2, 0.25) is 0 Å². The second kappa shape index (κ2) is 3.63. The number of hydrogen-bond donors (Lipinski definition) is 1. The van der Waals surface area contributed by atoms with E-state index in [0.29, 0.717) is 5.39 Å². The average Bonchev–Trinajstić information content (AvgIpc) is 2.21. The molecule has 0 spiro atoms. The van der Waals surface area contributed by atoms with Gasteiger partial charge in [-0.05, 0) is 32.9 Å². The summed E-state index contributed by atoms with van der Waals surface area (Å²) in [5.41, 5.74) is 3.56. The lowest BCUT2D eigenvalue weighted by Gasteiger charge is -2.22. The Labute approximate surface area is 93.9 Å². The molecule has 0 aliphatic carbocycles. The molecule has 0 unspecified atom stereocenters. The van der Waals surface area contributed by atoms with Crippen molar-refractivity contribution in [2.24, 2.45) is 0 Å². The predicted octanol–water partition coefficient (Wildman–Crippen LogP) is 1.74. The molecule has 2 aromatic rings. The van der Waals surface area contributed by atoms with E-state index < -0.39 is 0 Å². The van der Waals surface area contributed by atoms with Crippen molar-refractivity contribution >= 4 is 10.9 Å². The molecule has 4 heteroatoms. The fraction of sp³-hybridized carbons (Fsp3) is 0.333. The molecule has 1 N–H and O–H groups in total. The van der Waals surface area contributed by atoms with Crippen molar-refractivity contribution in [2.75, 3.05) is 5.43 Å². The predicted molar refractivity (Wildman–Crippen MR) is 65.1 cm³/mol. The Bertz CT molecular complexity index is 566. The molecule has 0 aliphatic rings. The summed E-state index contributed by atoms with van der Waals surface area (Å²) in [5, 5.41) is 0.627. The molecule has 0 atom stereocenters. The Morgan fingerprint density at radius 1 is 1.25 bits per heavy atom. The first-order valence-corrected chi connectivity index (χ1v) is 5.22. The third kappa shape index (κ3) is 2.05. The van der Waals surface area contributed by atoms with Crippen LogP contribution in [0.25, 0.3) is 10.9 Å². The van der Waals surface area contributed by atoms with E-state index in [1.807, 2.05) is 39.0 Å². The molecular weight excluding hydrogens is 202 g/mol. The van der Waals surface area contributed by atoms with E-state index in [2.05, 4.69) is 10.4 Å². The van der Waals surface area contributed by atoms with Gasteiger partial charge < -0.3 is 5.43 Å². The smallest absolute Gasteiger partial charge is 0.279 e. The van der Waals surface area contributed by atoms with Crippen LogP contribution in [-0.4, -0.2) is 15.2 Å². The number of fused-ring (bicyclic) bond motifs is 1. The molecule has 0 saturated carbocycles. The Kier molecular flexibility index (Phi) is 2.42. The highest BCUT2D eigenvalue weighted by molar-refractivity contribution is 5.76. The van der Waals surface area contributed by atoms with E-state index >= 15 is 0 Å². The van der Waals surface area contributed by atoms with Gasteiger partial charge in [-0.1, -0.05) is 12.1 Å². The van der Waals surface area contributed by atoms with Crippen LogP contribution >= 0.6 is 0 Å². The van der Waals surface area contributed by atoms with Gasteiger partial charge in [0, 0.05) is 5.54 Å². The maximum Gasteiger partial charge on any atom is 0.279 e. The van der Waals surface area contributed by atoms with E-state index in [4.69, 9.17) is 0 Å². The van der Waals surface area contributed by atoms with Crippen molar-refractivity contribution in [3.05, 3.63) is 40.9 Å². The van der Waals surface area contributed by atoms with Gasteiger partial charge in [-0.25, -0.2) is 9.66 Å². The lowest BCUT2D eigenvalue weighted by molar-refractivity contribution is 0.544. The molecule has 16 heavy (non-hydrogen) atoms. The molecular formula is C12H15N3O. The van der Waals surface area contributed by atoms with Crippen molar-refractivity contribution in [3.63, 3.8) is 0 Å². The third-order valence-corrected chi connectivity index (χ3v) is 2.12. The molecule has 1 heterocycles.